The third-order valence-corrected chi connectivity index (χ3v) is 1.09. The van der Waals surface area contributed by atoms with Crippen LogP contribution >= 0.6 is 0 Å². The molecule has 3 N–H and O–H groups in total. The molecule has 3 heteroatoms. The van der Waals surface area contributed by atoms with E-state index in [2.05, 4.69) is 5.43 Å². The molecule has 0 rings (SSSR count). The summed E-state index contributed by atoms with van der Waals surface area (Å²) >= 11 is 0. The fraction of sp³-hybridized carbons (Fsp3) is 0.500. The molecule has 0 radical (unpaired) electrons. The highest BCUT2D eigenvalue weighted by Crippen LogP contribution is 1.96. The van der Waals surface area contributed by atoms with Crippen LogP contribution < -0.4 is 11.3 Å². The smallest absolute Gasteiger partial charge is 0.237 e. The summed E-state index contributed by atoms with van der Waals surface area (Å²) in [5.41, 5.74) is 3.08. The Morgan fingerprint density at radius 3 is 2.67 bits per heavy atom. The minimum atomic E-state index is -0.148. The Morgan fingerprint density at radius 1 is 1.78 bits per heavy atom. The molecule has 0 aliphatic rings. The lowest BCUT2D eigenvalue weighted by molar-refractivity contribution is -0.120. The van der Waals surface area contributed by atoms with E-state index in [9.17, 15) is 4.79 Å². The van der Waals surface area contributed by atoms with Gasteiger partial charge >= 0.3 is 0 Å². The standard InChI is InChI=1S/C6H12N2O/c1-3-5(2)4-6(9)8-7/h3H,4,7H2,1-2H3,(H,8,9)/b5-3+. The first kappa shape index (κ1) is 8.17. The van der Waals surface area contributed by atoms with Crippen LogP contribution in [-0.2, 0) is 4.79 Å². The predicted molar refractivity (Wildman–Crippen MR) is 36.4 cm³/mol. The Labute approximate surface area is 54.9 Å². The average Bonchev–Trinajstić information content (AvgIpc) is 1.87. The quantitative estimate of drug-likeness (QED) is 0.244. The van der Waals surface area contributed by atoms with Gasteiger partial charge in [0.05, 0.1) is 0 Å². The lowest BCUT2D eigenvalue weighted by Crippen LogP contribution is -2.29. The number of carbonyl (C=O) groups excluding carboxylic acids is 1. The van der Waals surface area contributed by atoms with E-state index in [1.807, 2.05) is 19.9 Å². The van der Waals surface area contributed by atoms with Crippen molar-refractivity contribution in [2.24, 2.45) is 5.84 Å². The van der Waals surface area contributed by atoms with E-state index in [0.717, 1.165) is 5.57 Å². The Balaban J connectivity index is 3.60. The molecule has 52 valence electrons. The molecule has 0 saturated carbocycles. The molecule has 9 heavy (non-hydrogen) atoms. The molecule has 0 aromatic rings. The van der Waals surface area contributed by atoms with Crippen molar-refractivity contribution in [2.75, 3.05) is 0 Å². The van der Waals surface area contributed by atoms with E-state index in [0.29, 0.717) is 6.42 Å². The zero-order chi connectivity index (χ0) is 7.28. The highest BCUT2D eigenvalue weighted by atomic mass is 16.2. The van der Waals surface area contributed by atoms with E-state index >= 15 is 0 Å². The molecule has 0 spiro atoms. The first-order chi connectivity index (χ1) is 4.20. The largest absolute Gasteiger partial charge is 0.294 e. The molecule has 1 amide bonds. The lowest BCUT2D eigenvalue weighted by atomic mass is 10.2. The van der Waals surface area contributed by atoms with Crippen molar-refractivity contribution in [2.45, 2.75) is 20.3 Å². The fourth-order valence-electron chi connectivity index (χ4n) is 0.406. The van der Waals surface area contributed by atoms with Gasteiger partial charge in [0.15, 0.2) is 0 Å². The second kappa shape index (κ2) is 4.09. The van der Waals surface area contributed by atoms with E-state index in [1.165, 1.54) is 0 Å². The van der Waals surface area contributed by atoms with Crippen LogP contribution in [0.15, 0.2) is 11.6 Å². The molecule has 0 aliphatic heterocycles. The highest BCUT2D eigenvalue weighted by molar-refractivity contribution is 5.77. The maximum absolute atomic E-state index is 10.5. The number of hydrogen-bond acceptors (Lipinski definition) is 2. The number of rotatable bonds is 2. The van der Waals surface area contributed by atoms with Gasteiger partial charge in [0.1, 0.15) is 0 Å². The Kier molecular flexibility index (Phi) is 3.71. The summed E-state index contributed by atoms with van der Waals surface area (Å²) in [6.45, 7) is 3.77. The van der Waals surface area contributed by atoms with Crippen molar-refractivity contribution in [3.8, 4) is 0 Å². The van der Waals surface area contributed by atoms with Gasteiger partial charge in [-0.2, -0.15) is 0 Å². The first-order valence-electron chi connectivity index (χ1n) is 2.82. The maximum Gasteiger partial charge on any atom is 0.237 e. The number of nitrogens with one attached hydrogen (secondary N) is 1. The minimum Gasteiger partial charge on any atom is -0.294 e. The normalized spacial score (nSPS) is 11.2. The SMILES string of the molecule is C/C=C(\C)CC(=O)NN. The third-order valence-electron chi connectivity index (χ3n) is 1.09. The van der Waals surface area contributed by atoms with Crippen LogP contribution in [0.2, 0.25) is 0 Å². The van der Waals surface area contributed by atoms with E-state index < -0.39 is 0 Å². The third kappa shape index (κ3) is 3.73. The number of amides is 1. The van der Waals surface area contributed by atoms with Crippen LogP contribution in [0.3, 0.4) is 0 Å². The van der Waals surface area contributed by atoms with Crippen molar-refractivity contribution in [1.82, 2.24) is 5.43 Å². The van der Waals surface area contributed by atoms with E-state index in [-0.39, 0.29) is 5.91 Å². The topological polar surface area (TPSA) is 55.1 Å². The second-order valence-electron chi connectivity index (χ2n) is 1.88. The van der Waals surface area contributed by atoms with Gasteiger partial charge in [0, 0.05) is 6.42 Å². The molecule has 0 unspecified atom stereocenters. The molecule has 3 nitrogen and oxygen atoms in total. The molecule has 0 aliphatic carbocycles. The van der Waals surface area contributed by atoms with Crippen molar-refractivity contribution in [1.29, 1.82) is 0 Å². The molecule has 0 saturated heterocycles. The summed E-state index contributed by atoms with van der Waals surface area (Å²) < 4.78 is 0. The van der Waals surface area contributed by atoms with Gasteiger partial charge in [-0.3, -0.25) is 10.2 Å². The van der Waals surface area contributed by atoms with Gasteiger partial charge in [-0.25, -0.2) is 5.84 Å². The number of hydrazine groups is 1. The fourth-order valence-corrected chi connectivity index (χ4v) is 0.406. The summed E-state index contributed by atoms with van der Waals surface area (Å²) in [5.74, 6) is 4.70. The molecule has 0 bridgehead atoms. The van der Waals surface area contributed by atoms with E-state index in [1.54, 1.807) is 0 Å². The Hall–Kier alpha value is -0.830. The van der Waals surface area contributed by atoms with Crippen molar-refractivity contribution in [3.05, 3.63) is 11.6 Å². The molecule has 0 aromatic carbocycles. The molecule has 0 fully saturated rings. The van der Waals surface area contributed by atoms with Crippen LogP contribution in [0.25, 0.3) is 0 Å². The summed E-state index contributed by atoms with van der Waals surface area (Å²) in [6, 6.07) is 0. The monoisotopic (exact) mass is 128 g/mol. The van der Waals surface area contributed by atoms with Gasteiger partial charge in [0.2, 0.25) is 5.91 Å². The van der Waals surface area contributed by atoms with Gasteiger partial charge in [0.25, 0.3) is 0 Å². The molecular formula is C6H12N2O. The van der Waals surface area contributed by atoms with E-state index in [4.69, 9.17) is 5.84 Å². The number of nitrogens with two attached hydrogens (primary N) is 1. The number of hydrogen-bond donors (Lipinski definition) is 2. The zero-order valence-electron chi connectivity index (χ0n) is 5.77. The molecular weight excluding hydrogens is 116 g/mol. The van der Waals surface area contributed by atoms with Gasteiger partial charge in [-0.1, -0.05) is 11.6 Å². The maximum atomic E-state index is 10.5. The highest BCUT2D eigenvalue weighted by Gasteiger charge is 1.96. The summed E-state index contributed by atoms with van der Waals surface area (Å²) in [5, 5.41) is 0. The van der Waals surface area contributed by atoms with Crippen LogP contribution in [-0.4, -0.2) is 5.91 Å². The van der Waals surface area contributed by atoms with Crippen LogP contribution in [0.4, 0.5) is 0 Å². The minimum absolute atomic E-state index is 0.148. The second-order valence-corrected chi connectivity index (χ2v) is 1.88. The number of allylic oxidation sites excluding steroid dienone is 1. The van der Waals surface area contributed by atoms with Crippen LogP contribution in [0.5, 0.6) is 0 Å². The average molecular weight is 128 g/mol. The molecule has 0 atom stereocenters. The molecule has 0 heterocycles. The van der Waals surface area contributed by atoms with Crippen molar-refractivity contribution in [3.63, 3.8) is 0 Å². The summed E-state index contributed by atoms with van der Waals surface area (Å²) in [7, 11) is 0. The zero-order valence-corrected chi connectivity index (χ0v) is 5.77. The van der Waals surface area contributed by atoms with Crippen LogP contribution in [0.1, 0.15) is 20.3 Å². The first-order valence-corrected chi connectivity index (χ1v) is 2.82. The Bertz CT molecular complexity index is 129. The Morgan fingerprint density at radius 2 is 2.33 bits per heavy atom. The lowest BCUT2D eigenvalue weighted by Gasteiger charge is -1.96. The van der Waals surface area contributed by atoms with Crippen LogP contribution in [0, 0.1) is 0 Å². The van der Waals surface area contributed by atoms with Gasteiger partial charge in [-0.15, -0.1) is 0 Å². The van der Waals surface area contributed by atoms with Crippen molar-refractivity contribution >= 4 is 5.91 Å². The van der Waals surface area contributed by atoms with Gasteiger partial charge in [-0.05, 0) is 13.8 Å². The summed E-state index contributed by atoms with van der Waals surface area (Å²) in [6.07, 6.45) is 2.28. The number of carbonyl (C=O) groups is 1. The predicted octanol–water partition coefficient (Wildman–Crippen LogP) is 0.333. The van der Waals surface area contributed by atoms with Crippen molar-refractivity contribution < 1.29 is 4.79 Å². The summed E-state index contributed by atoms with van der Waals surface area (Å²) in [4.78, 5) is 10.5. The van der Waals surface area contributed by atoms with Gasteiger partial charge < -0.3 is 0 Å². The molecule has 0 aromatic heterocycles.